The SMILES string of the molecule is COC(=O)c1cccc(NC(=O)CN2CCN(Cc3ccccc3)CC2)c1. The van der Waals surface area contributed by atoms with E-state index in [2.05, 4.69) is 39.4 Å². The van der Waals surface area contributed by atoms with Gasteiger partial charge in [0, 0.05) is 38.4 Å². The maximum absolute atomic E-state index is 12.3. The van der Waals surface area contributed by atoms with Crippen LogP contribution in [0.2, 0.25) is 0 Å². The third-order valence-electron chi connectivity index (χ3n) is 4.65. The van der Waals surface area contributed by atoms with E-state index in [1.54, 1.807) is 24.3 Å². The number of nitrogens with one attached hydrogen (secondary N) is 1. The molecule has 0 saturated carbocycles. The molecule has 1 N–H and O–H groups in total. The summed E-state index contributed by atoms with van der Waals surface area (Å²) in [5, 5.41) is 2.86. The van der Waals surface area contributed by atoms with Crippen LogP contribution in [0.15, 0.2) is 54.6 Å². The lowest BCUT2D eigenvalue weighted by molar-refractivity contribution is -0.117. The summed E-state index contributed by atoms with van der Waals surface area (Å²) in [7, 11) is 1.34. The molecule has 1 fully saturated rings. The Balaban J connectivity index is 1.45. The third kappa shape index (κ3) is 5.64. The van der Waals surface area contributed by atoms with Gasteiger partial charge in [0.1, 0.15) is 0 Å². The number of ether oxygens (including phenoxy) is 1. The molecule has 2 aromatic carbocycles. The number of carbonyl (C=O) groups excluding carboxylic acids is 2. The number of methoxy groups -OCH3 is 1. The molecule has 0 spiro atoms. The van der Waals surface area contributed by atoms with Gasteiger partial charge in [-0.05, 0) is 23.8 Å². The van der Waals surface area contributed by atoms with E-state index in [9.17, 15) is 9.59 Å². The summed E-state index contributed by atoms with van der Waals surface area (Å²) in [4.78, 5) is 28.5. The van der Waals surface area contributed by atoms with Gasteiger partial charge in [-0.2, -0.15) is 0 Å². The van der Waals surface area contributed by atoms with Crippen LogP contribution in [0.25, 0.3) is 0 Å². The Kier molecular flexibility index (Phi) is 6.57. The van der Waals surface area contributed by atoms with Gasteiger partial charge in [0.15, 0.2) is 0 Å². The van der Waals surface area contributed by atoms with E-state index in [0.29, 0.717) is 17.8 Å². The first-order valence-electron chi connectivity index (χ1n) is 9.11. The van der Waals surface area contributed by atoms with Crippen LogP contribution in [0.3, 0.4) is 0 Å². The fourth-order valence-electron chi connectivity index (χ4n) is 3.19. The second-order valence-electron chi connectivity index (χ2n) is 6.66. The minimum Gasteiger partial charge on any atom is -0.465 e. The van der Waals surface area contributed by atoms with Crippen LogP contribution in [0, 0.1) is 0 Å². The van der Waals surface area contributed by atoms with Gasteiger partial charge in [0.25, 0.3) is 0 Å². The normalized spacial score (nSPS) is 15.3. The van der Waals surface area contributed by atoms with Gasteiger partial charge >= 0.3 is 5.97 Å². The van der Waals surface area contributed by atoms with Crippen molar-refractivity contribution in [3.63, 3.8) is 0 Å². The molecule has 0 atom stereocenters. The van der Waals surface area contributed by atoms with Crippen molar-refractivity contribution >= 4 is 17.6 Å². The molecule has 1 aliphatic heterocycles. The highest BCUT2D eigenvalue weighted by Crippen LogP contribution is 2.12. The Morgan fingerprint density at radius 1 is 0.963 bits per heavy atom. The largest absolute Gasteiger partial charge is 0.465 e. The van der Waals surface area contributed by atoms with E-state index < -0.39 is 5.97 Å². The molecule has 0 unspecified atom stereocenters. The minimum atomic E-state index is -0.416. The highest BCUT2D eigenvalue weighted by molar-refractivity contribution is 5.95. The van der Waals surface area contributed by atoms with Crippen LogP contribution in [0.4, 0.5) is 5.69 Å². The van der Waals surface area contributed by atoms with Crippen LogP contribution in [-0.4, -0.2) is 61.5 Å². The van der Waals surface area contributed by atoms with Gasteiger partial charge in [-0.1, -0.05) is 36.4 Å². The lowest BCUT2D eigenvalue weighted by Gasteiger charge is -2.34. The Hall–Kier alpha value is -2.70. The van der Waals surface area contributed by atoms with Crippen molar-refractivity contribution in [2.24, 2.45) is 0 Å². The number of piperazine rings is 1. The average molecular weight is 367 g/mol. The third-order valence-corrected chi connectivity index (χ3v) is 4.65. The molecule has 6 heteroatoms. The molecule has 6 nitrogen and oxygen atoms in total. The standard InChI is InChI=1S/C21H25N3O3/c1-27-21(26)18-8-5-9-19(14-18)22-20(25)16-24-12-10-23(11-13-24)15-17-6-3-2-4-7-17/h2-9,14H,10-13,15-16H2,1H3,(H,22,25). The maximum Gasteiger partial charge on any atom is 0.337 e. The number of carbonyl (C=O) groups is 2. The number of hydrogen-bond acceptors (Lipinski definition) is 5. The first-order valence-corrected chi connectivity index (χ1v) is 9.11. The van der Waals surface area contributed by atoms with Crippen molar-refractivity contribution in [3.8, 4) is 0 Å². The molecule has 0 aromatic heterocycles. The number of hydrogen-bond donors (Lipinski definition) is 1. The summed E-state index contributed by atoms with van der Waals surface area (Å²) in [5.41, 5.74) is 2.34. The van der Waals surface area contributed by atoms with E-state index in [-0.39, 0.29) is 5.91 Å². The molecule has 142 valence electrons. The maximum atomic E-state index is 12.3. The molecular weight excluding hydrogens is 342 g/mol. The van der Waals surface area contributed by atoms with Crippen LogP contribution >= 0.6 is 0 Å². The van der Waals surface area contributed by atoms with Crippen molar-refractivity contribution in [1.82, 2.24) is 9.80 Å². The average Bonchev–Trinajstić information content (AvgIpc) is 2.70. The van der Waals surface area contributed by atoms with Crippen LogP contribution in [0.1, 0.15) is 15.9 Å². The summed E-state index contributed by atoms with van der Waals surface area (Å²) in [6, 6.07) is 17.2. The molecular formula is C21H25N3O3. The zero-order valence-electron chi connectivity index (χ0n) is 15.6. The van der Waals surface area contributed by atoms with Gasteiger partial charge in [0.2, 0.25) is 5.91 Å². The predicted octanol–water partition coefficient (Wildman–Crippen LogP) is 2.23. The summed E-state index contributed by atoms with van der Waals surface area (Å²) in [6.45, 7) is 4.91. The summed E-state index contributed by atoms with van der Waals surface area (Å²) >= 11 is 0. The van der Waals surface area contributed by atoms with Gasteiger partial charge in [-0.3, -0.25) is 14.6 Å². The number of rotatable bonds is 6. The highest BCUT2D eigenvalue weighted by atomic mass is 16.5. The smallest absolute Gasteiger partial charge is 0.337 e. The first kappa shape index (κ1) is 19.1. The molecule has 0 bridgehead atoms. The summed E-state index contributed by atoms with van der Waals surface area (Å²) in [6.07, 6.45) is 0. The van der Waals surface area contributed by atoms with E-state index in [1.165, 1.54) is 12.7 Å². The Labute approximate surface area is 159 Å². The topological polar surface area (TPSA) is 61.9 Å². The Bertz CT molecular complexity index is 771. The molecule has 1 aliphatic rings. The lowest BCUT2D eigenvalue weighted by Crippen LogP contribution is -2.48. The van der Waals surface area contributed by atoms with Crippen molar-refractivity contribution in [2.75, 3.05) is 45.2 Å². The first-order chi connectivity index (χ1) is 13.1. The molecule has 3 rings (SSSR count). The molecule has 1 heterocycles. The second kappa shape index (κ2) is 9.30. The molecule has 1 amide bonds. The molecule has 0 aliphatic carbocycles. The number of anilines is 1. The van der Waals surface area contributed by atoms with E-state index in [4.69, 9.17) is 4.74 Å². The zero-order valence-corrected chi connectivity index (χ0v) is 15.6. The summed E-state index contributed by atoms with van der Waals surface area (Å²) in [5.74, 6) is -0.492. The van der Waals surface area contributed by atoms with Crippen LogP contribution in [-0.2, 0) is 16.1 Å². The minimum absolute atomic E-state index is 0.0754. The van der Waals surface area contributed by atoms with Gasteiger partial charge in [0.05, 0.1) is 19.2 Å². The fourth-order valence-corrected chi connectivity index (χ4v) is 3.19. The number of esters is 1. The molecule has 27 heavy (non-hydrogen) atoms. The van der Waals surface area contributed by atoms with E-state index in [0.717, 1.165) is 32.7 Å². The Morgan fingerprint density at radius 3 is 2.37 bits per heavy atom. The zero-order chi connectivity index (χ0) is 19.1. The molecule has 0 radical (unpaired) electrons. The summed E-state index contributed by atoms with van der Waals surface area (Å²) < 4.78 is 4.71. The van der Waals surface area contributed by atoms with E-state index >= 15 is 0 Å². The molecule has 1 saturated heterocycles. The number of benzene rings is 2. The van der Waals surface area contributed by atoms with Gasteiger partial charge < -0.3 is 10.1 Å². The van der Waals surface area contributed by atoms with E-state index in [1.807, 2.05) is 6.07 Å². The van der Waals surface area contributed by atoms with Crippen LogP contribution < -0.4 is 5.32 Å². The van der Waals surface area contributed by atoms with Crippen molar-refractivity contribution in [3.05, 3.63) is 65.7 Å². The number of amides is 1. The van der Waals surface area contributed by atoms with Crippen molar-refractivity contribution in [2.45, 2.75) is 6.54 Å². The van der Waals surface area contributed by atoms with Crippen LogP contribution in [0.5, 0.6) is 0 Å². The second-order valence-corrected chi connectivity index (χ2v) is 6.66. The highest BCUT2D eigenvalue weighted by Gasteiger charge is 2.19. The number of nitrogens with zero attached hydrogens (tertiary/aromatic N) is 2. The quantitative estimate of drug-likeness (QED) is 0.794. The predicted molar refractivity (Wildman–Crippen MR) is 105 cm³/mol. The fraction of sp³-hybridized carbons (Fsp3) is 0.333. The van der Waals surface area contributed by atoms with Gasteiger partial charge in [-0.25, -0.2) is 4.79 Å². The lowest BCUT2D eigenvalue weighted by atomic mass is 10.2. The molecule has 2 aromatic rings. The van der Waals surface area contributed by atoms with Crippen molar-refractivity contribution in [1.29, 1.82) is 0 Å². The Morgan fingerprint density at radius 2 is 1.67 bits per heavy atom. The van der Waals surface area contributed by atoms with Crippen molar-refractivity contribution < 1.29 is 14.3 Å². The van der Waals surface area contributed by atoms with Gasteiger partial charge in [-0.15, -0.1) is 0 Å². The monoisotopic (exact) mass is 367 g/mol.